The number of sulfonamides is 1. The maximum Gasteiger partial charge on any atom is 0.264 e. The zero-order chi connectivity index (χ0) is 28.6. The maximum absolute atomic E-state index is 14.0. The Morgan fingerprint density at radius 2 is 1.62 bits per heavy atom. The number of methoxy groups -OCH3 is 2. The summed E-state index contributed by atoms with van der Waals surface area (Å²) in [6, 6.07) is 19.4. The van der Waals surface area contributed by atoms with Gasteiger partial charge in [-0.3, -0.25) is 13.9 Å². The minimum Gasteiger partial charge on any atom is -0.493 e. The lowest BCUT2D eigenvalue weighted by Crippen LogP contribution is -2.51. The number of likely N-dealkylation sites (N-methyl/N-ethyl adjacent to an activating group) is 1. The fourth-order valence-corrected chi connectivity index (χ4v) is 5.75. The molecule has 1 atom stereocenters. The van der Waals surface area contributed by atoms with Crippen LogP contribution in [0.1, 0.15) is 24.5 Å². The molecule has 0 fully saturated rings. The summed E-state index contributed by atoms with van der Waals surface area (Å²) in [6.45, 7) is 3.35. The number of nitrogens with one attached hydrogen (secondary N) is 1. The molecule has 3 aromatic carbocycles. The number of aryl methyl sites for hydroxylation is 1. The standard InChI is InChI=1S/C29H35N3O6S/c1-6-25(29(34)30-3)31(19-22-12-10-11-21(2)17-22)28(33)20-32(39(35,36)24-13-8-7-9-14-24)23-15-16-26(37-4)27(18-23)38-5/h7-18,25H,6,19-20H2,1-5H3,(H,30,34)/t25-/m1/s1. The fraction of sp³-hybridized carbons (Fsp3) is 0.310. The highest BCUT2D eigenvalue weighted by atomic mass is 32.2. The van der Waals surface area contributed by atoms with Crippen LogP contribution in [0.3, 0.4) is 0 Å². The number of amides is 2. The molecule has 0 aliphatic heterocycles. The Labute approximate surface area is 230 Å². The van der Waals surface area contributed by atoms with Crippen molar-refractivity contribution in [2.75, 3.05) is 32.1 Å². The zero-order valence-electron chi connectivity index (χ0n) is 22.9. The molecule has 3 rings (SSSR count). The number of rotatable bonds is 12. The largest absolute Gasteiger partial charge is 0.493 e. The number of anilines is 1. The van der Waals surface area contributed by atoms with Crippen molar-refractivity contribution in [1.82, 2.24) is 10.2 Å². The van der Waals surface area contributed by atoms with Crippen LogP contribution in [0.15, 0.2) is 77.7 Å². The third kappa shape index (κ3) is 6.88. The summed E-state index contributed by atoms with van der Waals surface area (Å²) in [7, 11) is 0.258. The molecule has 0 spiro atoms. The highest BCUT2D eigenvalue weighted by molar-refractivity contribution is 7.92. The van der Waals surface area contributed by atoms with Gasteiger partial charge in [0.25, 0.3) is 10.0 Å². The van der Waals surface area contributed by atoms with E-state index in [1.165, 1.54) is 44.4 Å². The van der Waals surface area contributed by atoms with Gasteiger partial charge in [0, 0.05) is 19.7 Å². The molecule has 10 heteroatoms. The van der Waals surface area contributed by atoms with Crippen molar-refractivity contribution in [3.8, 4) is 11.5 Å². The number of hydrogen-bond donors (Lipinski definition) is 1. The minimum atomic E-state index is -4.18. The number of benzene rings is 3. The molecule has 0 aliphatic carbocycles. The van der Waals surface area contributed by atoms with E-state index in [1.807, 2.05) is 38.1 Å². The summed E-state index contributed by atoms with van der Waals surface area (Å²) in [4.78, 5) is 28.2. The Morgan fingerprint density at radius 1 is 0.923 bits per heavy atom. The molecule has 9 nitrogen and oxygen atoms in total. The van der Waals surface area contributed by atoms with Gasteiger partial charge < -0.3 is 19.7 Å². The van der Waals surface area contributed by atoms with Gasteiger partial charge >= 0.3 is 0 Å². The first-order chi connectivity index (χ1) is 18.7. The number of carbonyl (C=O) groups is 2. The summed E-state index contributed by atoms with van der Waals surface area (Å²) in [5, 5.41) is 2.62. The molecule has 208 valence electrons. The number of hydrogen-bond acceptors (Lipinski definition) is 6. The van der Waals surface area contributed by atoms with Gasteiger partial charge in [0.15, 0.2) is 11.5 Å². The first-order valence-electron chi connectivity index (χ1n) is 12.5. The topological polar surface area (TPSA) is 105 Å². The van der Waals surface area contributed by atoms with E-state index in [4.69, 9.17) is 9.47 Å². The monoisotopic (exact) mass is 553 g/mol. The van der Waals surface area contributed by atoms with E-state index in [2.05, 4.69) is 5.32 Å². The van der Waals surface area contributed by atoms with Gasteiger partial charge in [-0.05, 0) is 43.2 Å². The third-order valence-electron chi connectivity index (χ3n) is 6.33. The van der Waals surface area contributed by atoms with E-state index in [-0.39, 0.29) is 23.0 Å². The molecular weight excluding hydrogens is 518 g/mol. The SMILES string of the molecule is CC[C@H](C(=O)NC)N(Cc1cccc(C)c1)C(=O)CN(c1ccc(OC)c(OC)c1)S(=O)(=O)c1ccccc1. The van der Waals surface area contributed by atoms with E-state index in [1.54, 1.807) is 30.3 Å². The van der Waals surface area contributed by atoms with Gasteiger partial charge in [0.1, 0.15) is 12.6 Å². The van der Waals surface area contributed by atoms with Crippen LogP contribution in [0.4, 0.5) is 5.69 Å². The van der Waals surface area contributed by atoms with Crippen molar-refractivity contribution in [1.29, 1.82) is 0 Å². The molecule has 1 N–H and O–H groups in total. The molecule has 2 amide bonds. The first-order valence-corrected chi connectivity index (χ1v) is 14.0. The van der Waals surface area contributed by atoms with Crippen molar-refractivity contribution in [3.63, 3.8) is 0 Å². The van der Waals surface area contributed by atoms with Gasteiger partial charge in [-0.1, -0.05) is 55.0 Å². The van der Waals surface area contributed by atoms with Crippen molar-refractivity contribution in [3.05, 3.63) is 83.9 Å². The number of nitrogens with zero attached hydrogens (tertiary/aromatic N) is 2. The van der Waals surface area contributed by atoms with Crippen LogP contribution in [0.5, 0.6) is 11.5 Å². The Morgan fingerprint density at radius 3 is 2.21 bits per heavy atom. The normalized spacial score (nSPS) is 11.8. The quantitative estimate of drug-likeness (QED) is 0.366. The summed E-state index contributed by atoms with van der Waals surface area (Å²) >= 11 is 0. The Balaban J connectivity index is 2.10. The Hall–Kier alpha value is -4.05. The lowest BCUT2D eigenvalue weighted by atomic mass is 10.1. The smallest absolute Gasteiger partial charge is 0.264 e. The van der Waals surface area contributed by atoms with Crippen molar-refractivity contribution in [2.45, 2.75) is 37.8 Å². The molecule has 0 radical (unpaired) electrons. The van der Waals surface area contributed by atoms with E-state index < -0.39 is 28.5 Å². The van der Waals surface area contributed by atoms with Crippen molar-refractivity contribution < 1.29 is 27.5 Å². The second-order valence-electron chi connectivity index (χ2n) is 8.91. The van der Waals surface area contributed by atoms with Crippen LogP contribution in [0.2, 0.25) is 0 Å². The molecule has 0 unspecified atom stereocenters. The molecule has 0 saturated carbocycles. The highest BCUT2D eigenvalue weighted by Crippen LogP contribution is 2.34. The minimum absolute atomic E-state index is 0.0242. The lowest BCUT2D eigenvalue weighted by molar-refractivity contribution is -0.140. The predicted octanol–water partition coefficient (Wildman–Crippen LogP) is 3.76. The van der Waals surface area contributed by atoms with E-state index in [0.29, 0.717) is 17.9 Å². The van der Waals surface area contributed by atoms with E-state index in [0.717, 1.165) is 15.4 Å². The average Bonchev–Trinajstić information content (AvgIpc) is 2.95. The third-order valence-corrected chi connectivity index (χ3v) is 8.12. The van der Waals surface area contributed by atoms with Gasteiger partial charge in [-0.2, -0.15) is 0 Å². The van der Waals surface area contributed by atoms with Crippen molar-refractivity contribution >= 4 is 27.5 Å². The molecule has 3 aromatic rings. The van der Waals surface area contributed by atoms with Crippen LogP contribution in [0, 0.1) is 6.92 Å². The summed E-state index contributed by atoms with van der Waals surface area (Å²) in [5.41, 5.74) is 2.05. The molecule has 0 aromatic heterocycles. The zero-order valence-corrected chi connectivity index (χ0v) is 23.7. The lowest BCUT2D eigenvalue weighted by Gasteiger charge is -2.33. The molecule has 39 heavy (non-hydrogen) atoms. The Kier molecular flexibility index (Phi) is 9.95. The van der Waals surface area contributed by atoms with Gasteiger partial charge in [0.05, 0.1) is 24.8 Å². The molecular formula is C29H35N3O6S. The molecule has 0 saturated heterocycles. The van der Waals surface area contributed by atoms with Crippen LogP contribution in [-0.2, 0) is 26.2 Å². The second-order valence-corrected chi connectivity index (χ2v) is 10.8. The fourth-order valence-electron chi connectivity index (χ4n) is 4.32. The summed E-state index contributed by atoms with van der Waals surface area (Å²) in [5.74, 6) is -0.135. The number of carbonyl (C=O) groups excluding carboxylic acids is 2. The van der Waals surface area contributed by atoms with Crippen LogP contribution < -0.4 is 19.1 Å². The second kappa shape index (κ2) is 13.1. The summed E-state index contributed by atoms with van der Waals surface area (Å²) in [6.07, 6.45) is 0.346. The highest BCUT2D eigenvalue weighted by Gasteiger charge is 2.33. The van der Waals surface area contributed by atoms with Crippen LogP contribution >= 0.6 is 0 Å². The molecule has 0 heterocycles. The molecule has 0 aliphatic rings. The first kappa shape index (κ1) is 29.5. The summed E-state index contributed by atoms with van der Waals surface area (Å²) < 4.78 is 39.5. The predicted molar refractivity (Wildman–Crippen MR) is 150 cm³/mol. The van der Waals surface area contributed by atoms with Gasteiger partial charge in [-0.15, -0.1) is 0 Å². The number of ether oxygens (including phenoxy) is 2. The van der Waals surface area contributed by atoms with E-state index >= 15 is 0 Å². The van der Waals surface area contributed by atoms with Gasteiger partial charge in [-0.25, -0.2) is 8.42 Å². The van der Waals surface area contributed by atoms with Gasteiger partial charge in [0.2, 0.25) is 11.8 Å². The average molecular weight is 554 g/mol. The van der Waals surface area contributed by atoms with Crippen LogP contribution in [-0.4, -0.2) is 59.0 Å². The van der Waals surface area contributed by atoms with Crippen molar-refractivity contribution in [2.24, 2.45) is 0 Å². The Bertz CT molecular complexity index is 1400. The van der Waals surface area contributed by atoms with Crippen LogP contribution in [0.25, 0.3) is 0 Å². The molecule has 0 bridgehead atoms. The maximum atomic E-state index is 14.0. The van der Waals surface area contributed by atoms with E-state index in [9.17, 15) is 18.0 Å².